The normalized spacial score (nSPS) is 10.6. The van der Waals surface area contributed by atoms with Crippen LogP contribution in [0.5, 0.6) is 5.75 Å². The summed E-state index contributed by atoms with van der Waals surface area (Å²) < 4.78 is 7.25. The zero-order valence-corrected chi connectivity index (χ0v) is 10.6. The molecule has 3 rings (SSSR count). The topological polar surface area (TPSA) is 51.5 Å². The Morgan fingerprint density at radius 1 is 1.16 bits per heavy atom. The highest BCUT2D eigenvalue weighted by Crippen LogP contribution is 2.19. The summed E-state index contributed by atoms with van der Waals surface area (Å²) in [6.07, 6.45) is 7.27. The van der Waals surface area contributed by atoms with Crippen LogP contribution in [0.2, 0.25) is 0 Å². The van der Waals surface area contributed by atoms with E-state index in [-0.39, 0.29) is 0 Å². The van der Waals surface area contributed by atoms with E-state index in [1.807, 2.05) is 41.1 Å². The van der Waals surface area contributed by atoms with Gasteiger partial charge in [-0.3, -0.25) is 0 Å². The number of nitrogens with zero attached hydrogens (tertiary/aromatic N) is 3. The lowest BCUT2D eigenvalue weighted by Crippen LogP contribution is -2.04. The van der Waals surface area contributed by atoms with Gasteiger partial charge < -0.3 is 14.5 Å². The second-order valence-corrected chi connectivity index (χ2v) is 4.10. The molecular weight excluding hydrogens is 240 g/mol. The van der Waals surface area contributed by atoms with Gasteiger partial charge in [0.15, 0.2) is 11.5 Å². The first kappa shape index (κ1) is 11.5. The maximum Gasteiger partial charge on any atom is 0.180 e. The smallest absolute Gasteiger partial charge is 0.180 e. The molecule has 5 nitrogen and oxygen atoms in total. The van der Waals surface area contributed by atoms with Crippen LogP contribution in [-0.2, 0) is 6.54 Å². The van der Waals surface area contributed by atoms with Crippen molar-refractivity contribution >= 4 is 11.5 Å². The summed E-state index contributed by atoms with van der Waals surface area (Å²) in [5, 5.41) is 3.29. The Morgan fingerprint density at radius 2 is 1.95 bits per heavy atom. The van der Waals surface area contributed by atoms with Gasteiger partial charge in [-0.25, -0.2) is 9.97 Å². The number of para-hydroxylation sites is 1. The molecule has 0 amide bonds. The van der Waals surface area contributed by atoms with E-state index in [9.17, 15) is 0 Å². The Kier molecular flexibility index (Phi) is 3.02. The zero-order chi connectivity index (χ0) is 13.1. The van der Waals surface area contributed by atoms with Crippen molar-refractivity contribution in [3.63, 3.8) is 0 Å². The molecule has 3 aromatic rings. The fourth-order valence-electron chi connectivity index (χ4n) is 2.01. The molecule has 0 aliphatic heterocycles. The van der Waals surface area contributed by atoms with Gasteiger partial charge in [0, 0.05) is 36.9 Å². The number of hydrogen-bond donors (Lipinski definition) is 1. The standard InChI is InChI=1S/C14H14N4O/c1-19-12-5-3-2-4-11(12)10-17-13-14-16-7-9-18(14)8-6-15-13/h2-9H,10H2,1H3,(H,15,17). The number of rotatable bonds is 4. The van der Waals surface area contributed by atoms with Crippen molar-refractivity contribution in [1.82, 2.24) is 14.4 Å². The predicted octanol–water partition coefficient (Wildman–Crippen LogP) is 2.35. The van der Waals surface area contributed by atoms with Crippen LogP contribution >= 0.6 is 0 Å². The zero-order valence-electron chi connectivity index (χ0n) is 10.6. The van der Waals surface area contributed by atoms with E-state index in [0.717, 1.165) is 22.8 Å². The Morgan fingerprint density at radius 3 is 2.79 bits per heavy atom. The van der Waals surface area contributed by atoms with Gasteiger partial charge in [-0.1, -0.05) is 18.2 Å². The fraction of sp³-hybridized carbons (Fsp3) is 0.143. The Hall–Kier alpha value is -2.56. The summed E-state index contributed by atoms with van der Waals surface area (Å²) >= 11 is 0. The number of aromatic nitrogens is 3. The number of benzene rings is 1. The molecule has 2 heterocycles. The van der Waals surface area contributed by atoms with E-state index in [1.165, 1.54) is 0 Å². The first-order chi connectivity index (χ1) is 9.38. The second kappa shape index (κ2) is 4.97. The third kappa shape index (κ3) is 2.22. The highest BCUT2D eigenvalue weighted by atomic mass is 16.5. The van der Waals surface area contributed by atoms with Gasteiger partial charge in [0.2, 0.25) is 0 Å². The maximum absolute atomic E-state index is 5.32. The first-order valence-corrected chi connectivity index (χ1v) is 6.02. The lowest BCUT2D eigenvalue weighted by atomic mass is 10.2. The molecule has 0 aliphatic carbocycles. The van der Waals surface area contributed by atoms with Gasteiger partial charge in [-0.15, -0.1) is 0 Å². The molecule has 0 bridgehead atoms. The largest absolute Gasteiger partial charge is 0.496 e. The highest BCUT2D eigenvalue weighted by Gasteiger charge is 2.05. The summed E-state index contributed by atoms with van der Waals surface area (Å²) in [7, 11) is 1.67. The number of ether oxygens (including phenoxy) is 1. The molecule has 0 spiro atoms. The quantitative estimate of drug-likeness (QED) is 0.776. The summed E-state index contributed by atoms with van der Waals surface area (Å²) in [6, 6.07) is 7.91. The van der Waals surface area contributed by atoms with Crippen LogP contribution in [-0.4, -0.2) is 21.5 Å². The molecule has 0 saturated heterocycles. The van der Waals surface area contributed by atoms with Crippen molar-refractivity contribution in [2.45, 2.75) is 6.54 Å². The molecule has 2 aromatic heterocycles. The van der Waals surface area contributed by atoms with Crippen molar-refractivity contribution in [2.75, 3.05) is 12.4 Å². The van der Waals surface area contributed by atoms with E-state index < -0.39 is 0 Å². The monoisotopic (exact) mass is 254 g/mol. The predicted molar refractivity (Wildman–Crippen MR) is 73.3 cm³/mol. The van der Waals surface area contributed by atoms with Crippen LogP contribution < -0.4 is 10.1 Å². The van der Waals surface area contributed by atoms with Crippen molar-refractivity contribution in [1.29, 1.82) is 0 Å². The van der Waals surface area contributed by atoms with Crippen LogP contribution in [0.15, 0.2) is 49.1 Å². The van der Waals surface area contributed by atoms with Crippen LogP contribution in [0.3, 0.4) is 0 Å². The number of fused-ring (bicyclic) bond motifs is 1. The molecule has 1 aromatic carbocycles. The SMILES string of the molecule is COc1ccccc1CNc1nccn2ccnc12. The molecule has 1 N–H and O–H groups in total. The molecule has 0 atom stereocenters. The van der Waals surface area contributed by atoms with Gasteiger partial charge in [0.25, 0.3) is 0 Å². The van der Waals surface area contributed by atoms with Crippen LogP contribution in [0.1, 0.15) is 5.56 Å². The van der Waals surface area contributed by atoms with Crippen LogP contribution in [0.25, 0.3) is 5.65 Å². The number of methoxy groups -OCH3 is 1. The molecule has 0 unspecified atom stereocenters. The molecular formula is C14H14N4O. The minimum absolute atomic E-state index is 0.642. The maximum atomic E-state index is 5.32. The lowest BCUT2D eigenvalue weighted by Gasteiger charge is -2.10. The summed E-state index contributed by atoms with van der Waals surface area (Å²) in [5.41, 5.74) is 1.90. The van der Waals surface area contributed by atoms with Crippen molar-refractivity contribution in [3.05, 3.63) is 54.6 Å². The molecule has 0 fully saturated rings. The van der Waals surface area contributed by atoms with E-state index in [1.54, 1.807) is 19.5 Å². The molecule has 19 heavy (non-hydrogen) atoms. The van der Waals surface area contributed by atoms with E-state index in [0.29, 0.717) is 6.54 Å². The Balaban J connectivity index is 1.84. The van der Waals surface area contributed by atoms with Gasteiger partial charge in [0.1, 0.15) is 5.75 Å². The van der Waals surface area contributed by atoms with Gasteiger partial charge in [-0.2, -0.15) is 0 Å². The molecule has 96 valence electrons. The third-order valence-electron chi connectivity index (χ3n) is 2.95. The van der Waals surface area contributed by atoms with Crippen molar-refractivity contribution in [2.24, 2.45) is 0 Å². The lowest BCUT2D eigenvalue weighted by molar-refractivity contribution is 0.410. The molecule has 0 saturated carbocycles. The van der Waals surface area contributed by atoms with E-state index >= 15 is 0 Å². The average Bonchev–Trinajstić information content (AvgIpc) is 2.94. The summed E-state index contributed by atoms with van der Waals surface area (Å²) in [5.74, 6) is 1.63. The fourth-order valence-corrected chi connectivity index (χ4v) is 2.01. The minimum atomic E-state index is 0.642. The second-order valence-electron chi connectivity index (χ2n) is 4.10. The molecule has 0 aliphatic rings. The third-order valence-corrected chi connectivity index (χ3v) is 2.95. The van der Waals surface area contributed by atoms with Crippen molar-refractivity contribution < 1.29 is 4.74 Å². The first-order valence-electron chi connectivity index (χ1n) is 6.02. The summed E-state index contributed by atoms with van der Waals surface area (Å²) in [4.78, 5) is 8.59. The van der Waals surface area contributed by atoms with Crippen molar-refractivity contribution in [3.8, 4) is 5.75 Å². The molecule has 0 radical (unpaired) electrons. The number of anilines is 1. The average molecular weight is 254 g/mol. The molecule has 5 heteroatoms. The van der Waals surface area contributed by atoms with Gasteiger partial charge in [-0.05, 0) is 6.07 Å². The summed E-state index contributed by atoms with van der Waals surface area (Å²) in [6.45, 7) is 0.642. The van der Waals surface area contributed by atoms with E-state index in [2.05, 4.69) is 15.3 Å². The highest BCUT2D eigenvalue weighted by molar-refractivity contribution is 5.62. The minimum Gasteiger partial charge on any atom is -0.496 e. The van der Waals surface area contributed by atoms with Crippen LogP contribution in [0.4, 0.5) is 5.82 Å². The Labute approximate surface area is 110 Å². The van der Waals surface area contributed by atoms with E-state index in [4.69, 9.17) is 4.74 Å². The van der Waals surface area contributed by atoms with Gasteiger partial charge >= 0.3 is 0 Å². The van der Waals surface area contributed by atoms with Crippen LogP contribution in [0, 0.1) is 0 Å². The number of imidazole rings is 1. The van der Waals surface area contributed by atoms with Gasteiger partial charge in [0.05, 0.1) is 7.11 Å². The number of hydrogen-bond acceptors (Lipinski definition) is 4. The number of nitrogens with one attached hydrogen (secondary N) is 1. The Bertz CT molecular complexity index is 692.